The van der Waals surface area contributed by atoms with Crippen molar-refractivity contribution in [2.24, 2.45) is 17.6 Å². The van der Waals surface area contributed by atoms with E-state index in [4.69, 9.17) is 5.73 Å². The Balaban J connectivity index is 0.00000208. The molecule has 1 saturated carbocycles. The summed E-state index contributed by atoms with van der Waals surface area (Å²) in [7, 11) is -7.11. The van der Waals surface area contributed by atoms with Crippen LogP contribution in [0.1, 0.15) is 19.8 Å². The highest BCUT2D eigenvalue weighted by atomic mass is 35.5. The van der Waals surface area contributed by atoms with Crippen LogP contribution in [0, 0.1) is 11.8 Å². The van der Waals surface area contributed by atoms with Crippen LogP contribution in [0.4, 0.5) is 0 Å². The third kappa shape index (κ3) is 3.35. The van der Waals surface area contributed by atoms with Gasteiger partial charge < -0.3 is 5.73 Å². The van der Waals surface area contributed by atoms with Crippen molar-refractivity contribution in [1.82, 2.24) is 4.31 Å². The average molecular weight is 395 g/mol. The number of nitrogens with zero attached hydrogens (tertiary/aromatic N) is 1. The maximum atomic E-state index is 12.8. The molecule has 0 aromatic heterocycles. The molecule has 6 nitrogen and oxygen atoms in total. The molecule has 3 unspecified atom stereocenters. The normalized spacial score (nSPS) is 27.7. The molecule has 1 aromatic carbocycles. The topological polar surface area (TPSA) is 97.5 Å². The molecular formula is C15H23ClN2O4S2. The number of fused-ring (bicyclic) bond motifs is 1. The number of hydrogen-bond acceptors (Lipinski definition) is 5. The van der Waals surface area contributed by atoms with Gasteiger partial charge in [0.2, 0.25) is 10.0 Å². The minimum Gasteiger partial charge on any atom is -0.327 e. The molecule has 0 bridgehead atoms. The van der Waals surface area contributed by atoms with Gasteiger partial charge in [0.05, 0.1) is 15.5 Å². The summed E-state index contributed by atoms with van der Waals surface area (Å²) < 4.78 is 51.1. The summed E-state index contributed by atoms with van der Waals surface area (Å²) in [4.78, 5) is 0.0951. The zero-order valence-corrected chi connectivity index (χ0v) is 15.9. The molecule has 2 aliphatic rings. The summed E-state index contributed by atoms with van der Waals surface area (Å²) in [5.74, 6) is 0.480. The lowest BCUT2D eigenvalue weighted by molar-refractivity contribution is 0.427. The number of benzene rings is 1. The molecule has 0 spiro atoms. The van der Waals surface area contributed by atoms with Gasteiger partial charge in [-0.05, 0) is 42.9 Å². The first kappa shape index (κ1) is 19.7. The van der Waals surface area contributed by atoms with Gasteiger partial charge in [-0.3, -0.25) is 0 Å². The van der Waals surface area contributed by atoms with Gasteiger partial charge in [-0.25, -0.2) is 16.8 Å². The monoisotopic (exact) mass is 394 g/mol. The first-order valence-electron chi connectivity index (χ1n) is 7.84. The quantitative estimate of drug-likeness (QED) is 0.828. The molecule has 1 aliphatic carbocycles. The van der Waals surface area contributed by atoms with Crippen LogP contribution in [-0.2, 0) is 19.9 Å². The minimum atomic E-state index is -3.68. The molecule has 136 valence electrons. The number of sulfonamides is 1. The zero-order valence-electron chi connectivity index (χ0n) is 13.5. The van der Waals surface area contributed by atoms with E-state index in [-0.39, 0.29) is 39.9 Å². The zero-order chi connectivity index (χ0) is 16.8. The lowest BCUT2D eigenvalue weighted by Crippen LogP contribution is -2.33. The second-order valence-electron chi connectivity index (χ2n) is 6.37. The van der Waals surface area contributed by atoms with Gasteiger partial charge in [-0.1, -0.05) is 13.0 Å². The SMILES string of the molecule is CCS(=O)(=O)c1cccc(S(=O)(=O)N2CC3CCC(N)C3C2)c1.Cl. The van der Waals surface area contributed by atoms with E-state index in [2.05, 4.69) is 0 Å². The van der Waals surface area contributed by atoms with Crippen molar-refractivity contribution in [3.63, 3.8) is 0 Å². The highest BCUT2D eigenvalue weighted by Crippen LogP contribution is 2.39. The first-order chi connectivity index (χ1) is 10.8. The summed E-state index contributed by atoms with van der Waals surface area (Å²) in [6.07, 6.45) is 1.91. The van der Waals surface area contributed by atoms with Gasteiger partial charge in [0.15, 0.2) is 9.84 Å². The van der Waals surface area contributed by atoms with Crippen molar-refractivity contribution < 1.29 is 16.8 Å². The fourth-order valence-electron chi connectivity index (χ4n) is 3.61. The Morgan fingerprint density at radius 2 is 1.79 bits per heavy atom. The summed E-state index contributed by atoms with van der Waals surface area (Å²) in [5.41, 5.74) is 6.06. The summed E-state index contributed by atoms with van der Waals surface area (Å²) >= 11 is 0. The van der Waals surface area contributed by atoms with E-state index in [1.165, 1.54) is 28.6 Å². The van der Waals surface area contributed by atoms with Crippen LogP contribution in [0.2, 0.25) is 0 Å². The van der Waals surface area contributed by atoms with E-state index >= 15 is 0 Å². The molecule has 3 atom stereocenters. The fourth-order valence-corrected chi connectivity index (χ4v) is 6.19. The van der Waals surface area contributed by atoms with Crippen LogP contribution in [0.3, 0.4) is 0 Å². The Bertz CT molecular complexity index is 811. The van der Waals surface area contributed by atoms with Crippen molar-refractivity contribution in [3.05, 3.63) is 24.3 Å². The van der Waals surface area contributed by atoms with Crippen LogP contribution in [0.5, 0.6) is 0 Å². The van der Waals surface area contributed by atoms with Crippen molar-refractivity contribution in [1.29, 1.82) is 0 Å². The summed E-state index contributed by atoms with van der Waals surface area (Å²) in [6, 6.07) is 5.71. The lowest BCUT2D eigenvalue weighted by Gasteiger charge is -2.19. The number of halogens is 1. The van der Waals surface area contributed by atoms with E-state index in [1.807, 2.05) is 0 Å². The number of sulfone groups is 1. The molecule has 1 saturated heterocycles. The fraction of sp³-hybridized carbons (Fsp3) is 0.600. The molecule has 3 rings (SSSR count). The van der Waals surface area contributed by atoms with Gasteiger partial charge in [-0.2, -0.15) is 4.31 Å². The average Bonchev–Trinajstić information content (AvgIpc) is 3.10. The van der Waals surface area contributed by atoms with Crippen molar-refractivity contribution in [2.45, 2.75) is 35.6 Å². The molecule has 24 heavy (non-hydrogen) atoms. The third-order valence-corrected chi connectivity index (χ3v) is 8.62. The van der Waals surface area contributed by atoms with Crippen LogP contribution in [0.15, 0.2) is 34.1 Å². The predicted molar refractivity (Wildman–Crippen MR) is 94.4 cm³/mol. The number of nitrogens with two attached hydrogens (primary N) is 1. The Morgan fingerprint density at radius 1 is 1.12 bits per heavy atom. The van der Waals surface area contributed by atoms with Crippen LogP contribution in [-0.4, -0.2) is 46.0 Å². The Hall–Kier alpha value is -0.670. The van der Waals surface area contributed by atoms with E-state index < -0.39 is 19.9 Å². The van der Waals surface area contributed by atoms with Crippen LogP contribution < -0.4 is 5.73 Å². The van der Waals surface area contributed by atoms with E-state index in [0.29, 0.717) is 19.0 Å². The van der Waals surface area contributed by atoms with E-state index in [0.717, 1.165) is 12.8 Å². The van der Waals surface area contributed by atoms with Gasteiger partial charge in [0.1, 0.15) is 0 Å². The predicted octanol–water partition coefficient (Wildman–Crippen LogP) is 1.26. The van der Waals surface area contributed by atoms with Gasteiger partial charge in [0.25, 0.3) is 0 Å². The first-order valence-corrected chi connectivity index (χ1v) is 10.9. The Kier molecular flexibility index (Phi) is 5.66. The molecule has 2 fully saturated rings. The van der Waals surface area contributed by atoms with Crippen LogP contribution in [0.25, 0.3) is 0 Å². The highest BCUT2D eigenvalue weighted by molar-refractivity contribution is 7.91. The van der Waals surface area contributed by atoms with Gasteiger partial charge in [-0.15, -0.1) is 12.4 Å². The lowest BCUT2D eigenvalue weighted by atomic mass is 9.98. The van der Waals surface area contributed by atoms with Gasteiger partial charge in [0, 0.05) is 19.1 Å². The highest BCUT2D eigenvalue weighted by Gasteiger charge is 2.45. The van der Waals surface area contributed by atoms with E-state index in [1.54, 1.807) is 6.92 Å². The molecule has 0 amide bonds. The van der Waals surface area contributed by atoms with Gasteiger partial charge >= 0.3 is 0 Å². The molecule has 2 N–H and O–H groups in total. The largest absolute Gasteiger partial charge is 0.327 e. The third-order valence-electron chi connectivity index (χ3n) is 5.06. The molecule has 1 heterocycles. The maximum Gasteiger partial charge on any atom is 0.243 e. The van der Waals surface area contributed by atoms with Crippen molar-refractivity contribution in [3.8, 4) is 0 Å². The number of rotatable bonds is 4. The molecule has 0 radical (unpaired) electrons. The van der Waals surface area contributed by atoms with Crippen molar-refractivity contribution >= 4 is 32.3 Å². The standard InChI is InChI=1S/C15H22N2O4S2.ClH/c1-2-22(18,19)12-4-3-5-13(8-12)23(20,21)17-9-11-6-7-15(16)14(11)10-17;/h3-5,8,11,14-15H,2,6-7,9-10,16H2,1H3;1H. The Morgan fingerprint density at radius 3 is 2.42 bits per heavy atom. The number of hydrogen-bond donors (Lipinski definition) is 1. The molecule has 1 aliphatic heterocycles. The second kappa shape index (κ2) is 6.92. The minimum absolute atomic E-state index is 0. The Labute approximate surface area is 149 Å². The molecule has 9 heteroatoms. The van der Waals surface area contributed by atoms with Crippen molar-refractivity contribution in [2.75, 3.05) is 18.8 Å². The summed E-state index contributed by atoms with van der Waals surface area (Å²) in [6.45, 7) is 2.45. The molecule has 1 aromatic rings. The molecular weight excluding hydrogens is 372 g/mol. The van der Waals surface area contributed by atoms with Crippen LogP contribution >= 0.6 is 12.4 Å². The van der Waals surface area contributed by atoms with E-state index in [9.17, 15) is 16.8 Å². The maximum absolute atomic E-state index is 12.8. The summed E-state index contributed by atoms with van der Waals surface area (Å²) in [5, 5.41) is 0. The smallest absolute Gasteiger partial charge is 0.243 e. The second-order valence-corrected chi connectivity index (χ2v) is 10.6.